The molecule has 3 aliphatic carbocycles. The van der Waals surface area contributed by atoms with Gasteiger partial charge in [-0.3, -0.25) is 4.72 Å². The van der Waals surface area contributed by atoms with E-state index in [0.717, 1.165) is 92.8 Å². The summed E-state index contributed by atoms with van der Waals surface area (Å²) in [6, 6.07) is 56.5. The van der Waals surface area contributed by atoms with Crippen molar-refractivity contribution in [2.75, 3.05) is 11.0 Å². The van der Waals surface area contributed by atoms with Crippen molar-refractivity contribution in [2.45, 2.75) is 88.3 Å². The van der Waals surface area contributed by atoms with E-state index in [-0.39, 0.29) is 39.2 Å². The summed E-state index contributed by atoms with van der Waals surface area (Å²) in [6.07, 6.45) is -0.973. The molecular formula is C70H59F6N9O9S4. The van der Waals surface area contributed by atoms with E-state index in [2.05, 4.69) is 60.6 Å². The predicted octanol–water partition coefficient (Wildman–Crippen LogP) is 14.7. The van der Waals surface area contributed by atoms with E-state index in [0.29, 0.717) is 57.5 Å². The van der Waals surface area contributed by atoms with Gasteiger partial charge in [0.15, 0.2) is 0 Å². The second-order valence-electron chi connectivity index (χ2n) is 24.5. The normalized spacial score (nSPS) is 18.5. The number of primary sulfonamides is 2. The van der Waals surface area contributed by atoms with Crippen LogP contribution in [0.4, 0.5) is 32.0 Å². The minimum Gasteiger partial charge on any atom is -0.406 e. The van der Waals surface area contributed by atoms with Crippen LogP contribution >= 0.6 is 0 Å². The summed E-state index contributed by atoms with van der Waals surface area (Å²) in [7, 11) is -16.5. The summed E-state index contributed by atoms with van der Waals surface area (Å²) >= 11 is 0. The first-order valence-electron chi connectivity index (χ1n) is 30.5. The van der Waals surface area contributed by atoms with Crippen molar-refractivity contribution in [2.24, 2.45) is 10.3 Å². The number of nitrogens with one attached hydrogen (secondary N) is 4. The van der Waals surface area contributed by atoms with Crippen LogP contribution in [-0.2, 0) is 39.9 Å². The quantitative estimate of drug-likeness (QED) is 0.0522. The van der Waals surface area contributed by atoms with Gasteiger partial charge in [-0.2, -0.15) is 13.2 Å². The molecule has 3 aromatic heterocycles. The molecule has 8 N–H and O–H groups in total. The van der Waals surface area contributed by atoms with Gasteiger partial charge in [0.05, 0.1) is 59.7 Å². The molecule has 504 valence electrons. The Morgan fingerprint density at radius 2 is 0.806 bits per heavy atom. The van der Waals surface area contributed by atoms with Gasteiger partial charge >= 0.3 is 11.9 Å². The summed E-state index contributed by atoms with van der Waals surface area (Å²) < 4.78 is 176. The van der Waals surface area contributed by atoms with Gasteiger partial charge in [-0.15, -0.1) is 13.2 Å². The van der Waals surface area contributed by atoms with Crippen molar-refractivity contribution >= 4 is 78.7 Å². The number of aryl methyl sites for hydroxylation is 1. The molecule has 0 aliphatic heterocycles. The van der Waals surface area contributed by atoms with Crippen LogP contribution in [-0.4, -0.2) is 81.7 Å². The second-order valence-corrected chi connectivity index (χ2v) is 31.2. The van der Waals surface area contributed by atoms with Crippen molar-refractivity contribution in [3.8, 4) is 39.1 Å². The minimum atomic E-state index is -5.38. The highest BCUT2D eigenvalue weighted by atomic mass is 32.2. The average Bonchev–Trinajstić information content (AvgIpc) is 1.59. The van der Waals surface area contributed by atoms with Gasteiger partial charge in [0.25, 0.3) is 9.84 Å². The first kappa shape index (κ1) is 66.9. The lowest BCUT2D eigenvalue weighted by Crippen LogP contribution is -2.23. The maximum Gasteiger partial charge on any atom is 0.573 e. The van der Waals surface area contributed by atoms with Crippen LogP contribution in [0.25, 0.3) is 66.5 Å². The molecule has 18 nitrogen and oxygen atoms in total. The zero-order chi connectivity index (χ0) is 69.4. The molecule has 0 amide bonds. The lowest BCUT2D eigenvalue weighted by molar-refractivity contribution is -0.274. The maximum atomic E-state index is 12.8. The Bertz CT molecular complexity index is 5540. The number of ether oxygens (including phenoxy) is 1. The molecule has 6 atom stereocenters. The van der Waals surface area contributed by atoms with E-state index in [1.54, 1.807) is 72.8 Å². The topological polar surface area (TPSA) is 296 Å². The van der Waals surface area contributed by atoms with E-state index < -0.39 is 56.7 Å². The summed E-state index contributed by atoms with van der Waals surface area (Å²) in [5.41, 5.74) is 8.24. The molecular weight excluding hydrogens is 1350 g/mol. The van der Waals surface area contributed by atoms with Crippen molar-refractivity contribution in [3.05, 3.63) is 240 Å². The molecule has 3 aliphatic rings. The third-order valence-corrected chi connectivity index (χ3v) is 21.5. The highest BCUT2D eigenvalue weighted by molar-refractivity contribution is 7.92. The lowest BCUT2D eigenvalue weighted by Gasteiger charge is -2.10. The molecule has 28 heteroatoms. The number of hydrogen-bond acceptors (Lipinski definition) is 12. The van der Waals surface area contributed by atoms with Crippen molar-refractivity contribution in [3.63, 3.8) is 0 Å². The molecule has 0 radical (unpaired) electrons. The number of sulfone groups is 1. The third kappa shape index (κ3) is 14.6. The van der Waals surface area contributed by atoms with Crippen LogP contribution in [0.1, 0.15) is 94.5 Å². The zero-order valence-corrected chi connectivity index (χ0v) is 55.0. The van der Waals surface area contributed by atoms with E-state index in [9.17, 15) is 60.0 Å². The second kappa shape index (κ2) is 25.3. The molecule has 0 bridgehead atoms. The molecule has 0 spiro atoms. The molecule has 3 saturated carbocycles. The fraction of sp³-hybridized carbons (Fsp3) is 0.186. The number of nitrogens with zero attached hydrogens (tertiary/aromatic N) is 3. The van der Waals surface area contributed by atoms with Crippen LogP contribution in [0.5, 0.6) is 5.75 Å². The van der Waals surface area contributed by atoms with Gasteiger partial charge < -0.3 is 19.7 Å². The smallest absolute Gasteiger partial charge is 0.406 e. The Morgan fingerprint density at radius 1 is 0.449 bits per heavy atom. The van der Waals surface area contributed by atoms with Crippen molar-refractivity contribution in [1.29, 1.82) is 0 Å². The number of sulfonamides is 3. The van der Waals surface area contributed by atoms with Crippen LogP contribution in [0.3, 0.4) is 0 Å². The van der Waals surface area contributed by atoms with Crippen LogP contribution < -0.4 is 19.7 Å². The van der Waals surface area contributed by atoms with Gasteiger partial charge in [-0.25, -0.2) is 58.9 Å². The summed E-state index contributed by atoms with van der Waals surface area (Å²) in [6.45, 7) is 2.10. The van der Waals surface area contributed by atoms with E-state index in [1.807, 2.05) is 54.6 Å². The highest BCUT2D eigenvalue weighted by Crippen LogP contribution is 2.56. The van der Waals surface area contributed by atoms with Gasteiger partial charge in [0.2, 0.25) is 30.1 Å². The van der Waals surface area contributed by atoms with Gasteiger partial charge in [0, 0.05) is 34.4 Å². The largest absolute Gasteiger partial charge is 0.573 e. The average molecular weight is 1410 g/mol. The third-order valence-electron chi connectivity index (χ3n) is 17.4. The van der Waals surface area contributed by atoms with E-state index in [4.69, 9.17) is 20.2 Å². The van der Waals surface area contributed by atoms with Gasteiger partial charge in [-0.1, -0.05) is 127 Å². The predicted molar refractivity (Wildman–Crippen MR) is 360 cm³/mol. The Labute approximate surface area is 558 Å². The fourth-order valence-electron chi connectivity index (χ4n) is 12.4. The number of hydrogen-bond donors (Lipinski definition) is 6. The number of halogens is 6. The number of aromatic nitrogens is 6. The minimum absolute atomic E-state index is 0.00682. The fourth-order valence-corrected chi connectivity index (χ4v) is 15.3. The number of anilines is 1. The van der Waals surface area contributed by atoms with Gasteiger partial charge in [0.1, 0.15) is 23.2 Å². The van der Waals surface area contributed by atoms with Crippen molar-refractivity contribution in [1.82, 2.24) is 29.9 Å². The maximum absolute atomic E-state index is 12.8. The van der Waals surface area contributed by atoms with E-state index >= 15 is 0 Å². The number of nitrogens with two attached hydrogens (primary N) is 2. The molecule has 9 aromatic carbocycles. The number of alkyl halides is 6. The SMILES string of the molecule is CS(=O)(=O)Nc1ccccc1-c1ccc2nc(C3CC3c3ccc(OC(F)(F)F)cc3)[nH]c2c1.Cc1ccc(C2CC2c2nc3ccc(-c4ccccc4S(N)(=O)=O)cc3[nH]2)cc1.NS(=O)(=O)c1ccccc1-c1ccc2nc(C3CC3c3ccc(S(=O)(=O)C(F)(F)F)cc3)[nH]c2c1. The Hall–Kier alpha value is -9.71. The number of fused-ring (bicyclic) bond motifs is 3. The molecule has 12 aromatic rings. The number of aromatic amines is 3. The first-order chi connectivity index (χ1) is 46.3. The number of para-hydroxylation sites is 1. The monoisotopic (exact) mass is 1410 g/mol. The number of rotatable bonds is 15. The molecule has 6 unspecified atom stereocenters. The van der Waals surface area contributed by atoms with Crippen LogP contribution in [0.2, 0.25) is 0 Å². The summed E-state index contributed by atoms with van der Waals surface area (Å²) in [5.74, 6) is 3.43. The Morgan fingerprint density at radius 3 is 1.18 bits per heavy atom. The van der Waals surface area contributed by atoms with Crippen molar-refractivity contribution < 1.29 is 64.8 Å². The molecule has 15 rings (SSSR count). The van der Waals surface area contributed by atoms with Crippen LogP contribution in [0, 0.1) is 6.92 Å². The van der Waals surface area contributed by atoms with Gasteiger partial charge in [-0.05, 0) is 156 Å². The Kier molecular flexibility index (Phi) is 17.3. The molecule has 3 fully saturated rings. The zero-order valence-electron chi connectivity index (χ0n) is 51.7. The molecule has 0 saturated heterocycles. The highest BCUT2D eigenvalue weighted by Gasteiger charge is 2.48. The number of imidazole rings is 3. The Balaban J connectivity index is 0.000000133. The molecule has 98 heavy (non-hydrogen) atoms. The number of H-pyrrole nitrogens is 3. The van der Waals surface area contributed by atoms with E-state index in [1.165, 1.54) is 47.5 Å². The molecule has 3 heterocycles. The summed E-state index contributed by atoms with van der Waals surface area (Å²) in [5, 5.41) is 10.7. The first-order valence-corrected chi connectivity index (χ1v) is 36.9. The summed E-state index contributed by atoms with van der Waals surface area (Å²) in [4.78, 5) is 23.5. The standard InChI is InChI=1S/C24H20F3N3O3S.C23H18F3N3O4S2.C23H21N3O2S/c1-34(31,32)30-20-5-3-2-4-17(20)15-8-11-21-22(12-15)29-23(28-21)19-13-18(19)14-6-9-16(10-7-14)33-24(25,26)27;24-23(25,26)34(30,31)15-8-5-13(6-9-15)17-12-18(17)22-28-19-10-7-14(11-20(19)29-22)16-3-1-2-4-21(16)35(27,32)33;1-14-6-8-15(9-7-14)18-13-19(18)23-25-20-11-10-16(12-21(20)26-23)17-4-2-3-5-22(17)29(24,27)28/h2-12,18-19,30H,13H2,1H3,(H,28,29);1-11,17-18H,12H2,(H,28,29)(H2,27,32,33);2-12,18-19H,13H2,1H3,(H,25,26)(H2,24,27,28). The number of benzene rings is 9. The lowest BCUT2D eigenvalue weighted by atomic mass is 10.0. The van der Waals surface area contributed by atoms with Crippen LogP contribution in [0.15, 0.2) is 215 Å².